The summed E-state index contributed by atoms with van der Waals surface area (Å²) in [4.78, 5) is 97.3. The Hall–Kier alpha value is -8.78. The fourth-order valence-electron chi connectivity index (χ4n) is 10.7. The zero-order valence-electron chi connectivity index (χ0n) is 47.7. The van der Waals surface area contributed by atoms with Gasteiger partial charge in [-0.05, 0) is 74.2 Å². The molecule has 83 heavy (non-hydrogen) atoms. The second-order valence-corrected chi connectivity index (χ2v) is 20.4. The number of amides is 6. The first-order valence-corrected chi connectivity index (χ1v) is 27.9. The number of methoxy groups -OCH3 is 3. The number of carbonyl (C=O) groups is 6. The van der Waals surface area contributed by atoms with Crippen LogP contribution in [0.15, 0.2) is 66.9 Å². The lowest BCUT2D eigenvalue weighted by molar-refractivity contribution is -0.141. The highest BCUT2D eigenvalue weighted by Gasteiger charge is 2.38. The Balaban J connectivity index is 0.706. The van der Waals surface area contributed by atoms with Gasteiger partial charge in [-0.15, -0.1) is 5.10 Å². The van der Waals surface area contributed by atoms with Gasteiger partial charge in [-0.1, -0.05) is 24.5 Å². The summed E-state index contributed by atoms with van der Waals surface area (Å²) >= 11 is 0. The number of nitrogens with zero attached hydrogens (tertiary/aromatic N) is 10. The highest BCUT2D eigenvalue weighted by atomic mass is 16.6. The first-order chi connectivity index (χ1) is 40.3. The van der Waals surface area contributed by atoms with E-state index in [9.17, 15) is 28.8 Å². The summed E-state index contributed by atoms with van der Waals surface area (Å²) in [6.45, 7) is 5.18. The van der Waals surface area contributed by atoms with Crippen LogP contribution >= 0.6 is 0 Å². The fraction of sp³-hybridized carbons (Fsp3) is 0.474. The average Bonchev–Trinajstić information content (AvgIpc) is 3.57. The van der Waals surface area contributed by atoms with Gasteiger partial charge >= 0.3 is 6.09 Å². The highest BCUT2D eigenvalue weighted by Crippen LogP contribution is 2.33. The van der Waals surface area contributed by atoms with E-state index in [-0.39, 0.29) is 94.0 Å². The van der Waals surface area contributed by atoms with Crippen LogP contribution in [0.4, 0.5) is 22.1 Å². The van der Waals surface area contributed by atoms with Gasteiger partial charge in [0.05, 0.1) is 64.1 Å². The Morgan fingerprint density at radius 3 is 2.16 bits per heavy atom. The molecule has 6 amide bonds. The number of benzene rings is 3. The third-order valence-electron chi connectivity index (χ3n) is 15.3. The highest BCUT2D eigenvalue weighted by molar-refractivity contribution is 6.16. The van der Waals surface area contributed by atoms with Crippen molar-refractivity contribution in [2.24, 2.45) is 13.0 Å². The lowest BCUT2D eigenvalue weighted by Gasteiger charge is -2.39. The van der Waals surface area contributed by atoms with E-state index in [0.717, 1.165) is 43.5 Å². The van der Waals surface area contributed by atoms with Crippen molar-refractivity contribution in [3.63, 3.8) is 0 Å². The predicted octanol–water partition coefficient (Wildman–Crippen LogP) is 3.68. The van der Waals surface area contributed by atoms with E-state index in [1.807, 2.05) is 30.3 Å². The number of rotatable bonds is 22. The second kappa shape index (κ2) is 27.3. The van der Waals surface area contributed by atoms with Gasteiger partial charge in [0, 0.05) is 102 Å². The third kappa shape index (κ3) is 13.8. The molecule has 2 atom stereocenters. The summed E-state index contributed by atoms with van der Waals surface area (Å²) in [5.41, 5.74) is 4.55. The van der Waals surface area contributed by atoms with Crippen LogP contribution in [0.2, 0.25) is 0 Å². The van der Waals surface area contributed by atoms with Crippen LogP contribution in [-0.2, 0) is 35.6 Å². The minimum Gasteiger partial charge on any atom is -0.497 e. The van der Waals surface area contributed by atoms with Crippen molar-refractivity contribution in [3.05, 3.63) is 78.1 Å². The molecule has 3 aliphatic rings. The molecule has 26 heteroatoms. The molecule has 9 rings (SSSR count). The normalized spacial score (nSPS) is 15.6. The number of hydrogen-bond donors (Lipinski definition) is 4. The molecular weight excluding hydrogens is 1070 g/mol. The molecule has 3 fully saturated rings. The van der Waals surface area contributed by atoms with E-state index in [2.05, 4.69) is 46.4 Å². The van der Waals surface area contributed by atoms with Crippen LogP contribution < -0.4 is 40.4 Å². The molecule has 2 unspecified atom stereocenters. The van der Waals surface area contributed by atoms with Crippen molar-refractivity contribution >= 4 is 75.0 Å². The summed E-state index contributed by atoms with van der Waals surface area (Å²) in [5, 5.41) is 20.4. The lowest BCUT2D eigenvalue weighted by atomic mass is 9.83. The summed E-state index contributed by atoms with van der Waals surface area (Å²) < 4.78 is 36.2. The minimum absolute atomic E-state index is 0.0825. The standard InChI is InChI=1S/C57H72N14O12/c1-36(83-57(77)58-2)52(73)62-49(37-10-8-7-9-11-37)54(75)69-25-27-70(28-26-69)55(76)50-48(42-18-17-41(78-4)33-44(42)66(50)3)53(74)59-20-29-81-30-31-82-35-47(72)68-23-21-67(22-24-68)39-14-12-38(13-15-39)61-56-60-34-43-51(63-56)71(65-64-43)40-16-19-45(79-5)46(32-40)80-6/h12-19,32-34,36-37,49H,7-11,20-31,35H2,1-6H3,(H,58,77)(H,59,74)(H,62,73)(H,60,61,63). The Morgan fingerprint density at radius 1 is 0.747 bits per heavy atom. The minimum atomic E-state index is -1.11. The van der Waals surface area contributed by atoms with Crippen LogP contribution in [0.1, 0.15) is 59.9 Å². The Bertz CT molecular complexity index is 3280. The van der Waals surface area contributed by atoms with Crippen molar-refractivity contribution in [3.8, 4) is 22.9 Å². The number of aryl methyl sites for hydroxylation is 1. The topological polar surface area (TPSA) is 280 Å². The third-order valence-corrected chi connectivity index (χ3v) is 15.3. The zero-order valence-corrected chi connectivity index (χ0v) is 47.7. The van der Waals surface area contributed by atoms with Gasteiger partial charge in [-0.3, -0.25) is 24.0 Å². The molecular formula is C57H72N14O12. The van der Waals surface area contributed by atoms with Crippen LogP contribution in [0.5, 0.6) is 17.2 Å². The molecule has 1 saturated carbocycles. The molecule has 4 N–H and O–H groups in total. The molecule has 1 aliphatic carbocycles. The smallest absolute Gasteiger partial charge is 0.407 e. The van der Waals surface area contributed by atoms with Gasteiger partial charge in [0.1, 0.15) is 24.1 Å². The van der Waals surface area contributed by atoms with Gasteiger partial charge in [0.2, 0.25) is 17.8 Å². The van der Waals surface area contributed by atoms with E-state index in [1.54, 1.807) is 88.9 Å². The first kappa shape index (κ1) is 58.9. The van der Waals surface area contributed by atoms with E-state index in [4.69, 9.17) is 28.4 Å². The van der Waals surface area contributed by atoms with Gasteiger partial charge in [0.25, 0.3) is 17.7 Å². The molecule has 0 radical (unpaired) electrons. The quantitative estimate of drug-likeness (QED) is 0.0706. The molecule has 2 saturated heterocycles. The molecule has 0 spiro atoms. The van der Waals surface area contributed by atoms with E-state index in [0.29, 0.717) is 77.1 Å². The molecule has 0 bridgehead atoms. The SMILES string of the molecule is CNC(=O)OC(C)C(=O)NC(C(=O)N1CCN(C(=O)c2c(C(=O)NCCOCCOCC(=O)N3CCN(c4ccc(Nc5ncc6nnn(-c7ccc(OC)c(OC)c7)c6n5)cc4)CC3)c3ccc(OC)cc3n2C)CC1)C1CCCCC1. The molecule has 6 aromatic rings. The maximum absolute atomic E-state index is 14.5. The van der Waals surface area contributed by atoms with Crippen molar-refractivity contribution in [1.29, 1.82) is 0 Å². The zero-order chi connectivity index (χ0) is 58.6. The average molecular weight is 1150 g/mol. The summed E-state index contributed by atoms with van der Waals surface area (Å²) in [5.74, 6) is 0.227. The number of carbonyl (C=O) groups excluding carboxylic acids is 6. The Labute approximate surface area is 480 Å². The van der Waals surface area contributed by atoms with Crippen LogP contribution in [0.3, 0.4) is 0 Å². The van der Waals surface area contributed by atoms with Gasteiger partial charge < -0.3 is 73.9 Å². The number of aromatic nitrogens is 6. The summed E-state index contributed by atoms with van der Waals surface area (Å²) in [7, 11) is 7.81. The number of nitrogens with one attached hydrogen (secondary N) is 4. The molecule has 442 valence electrons. The van der Waals surface area contributed by atoms with Gasteiger partial charge in [-0.25, -0.2) is 9.78 Å². The van der Waals surface area contributed by atoms with Crippen molar-refractivity contribution in [1.82, 2.24) is 60.2 Å². The van der Waals surface area contributed by atoms with Crippen molar-refractivity contribution in [2.75, 3.05) is 124 Å². The first-order valence-electron chi connectivity index (χ1n) is 27.9. The molecule has 2 aliphatic heterocycles. The van der Waals surface area contributed by atoms with E-state index >= 15 is 0 Å². The number of piperazine rings is 2. The largest absolute Gasteiger partial charge is 0.497 e. The van der Waals surface area contributed by atoms with Crippen LogP contribution in [0.25, 0.3) is 27.8 Å². The van der Waals surface area contributed by atoms with E-state index in [1.165, 1.54) is 14.0 Å². The van der Waals surface area contributed by atoms with Crippen LogP contribution in [-0.4, -0.2) is 206 Å². The summed E-state index contributed by atoms with van der Waals surface area (Å²) in [6, 6.07) is 17.8. The monoisotopic (exact) mass is 1140 g/mol. The maximum Gasteiger partial charge on any atom is 0.407 e. The molecule has 26 nitrogen and oxygen atoms in total. The van der Waals surface area contributed by atoms with Crippen LogP contribution in [0, 0.1) is 5.92 Å². The lowest BCUT2D eigenvalue weighted by Crippen LogP contribution is -2.59. The number of hydrogen-bond acceptors (Lipinski definition) is 18. The number of ether oxygens (including phenoxy) is 6. The number of fused-ring (bicyclic) bond motifs is 2. The van der Waals surface area contributed by atoms with Crippen molar-refractivity contribution < 1.29 is 57.2 Å². The van der Waals surface area contributed by atoms with Gasteiger partial charge in [-0.2, -0.15) is 9.67 Å². The summed E-state index contributed by atoms with van der Waals surface area (Å²) in [6.07, 6.45) is 4.22. The molecule has 5 heterocycles. The molecule has 3 aromatic heterocycles. The number of alkyl carbamates (subject to hydrolysis) is 1. The van der Waals surface area contributed by atoms with Crippen molar-refractivity contribution in [2.45, 2.75) is 51.2 Å². The molecule has 3 aromatic carbocycles. The fourth-order valence-corrected chi connectivity index (χ4v) is 10.7. The Morgan fingerprint density at radius 2 is 1.45 bits per heavy atom. The Kier molecular flexibility index (Phi) is 19.4. The van der Waals surface area contributed by atoms with E-state index < -0.39 is 30.1 Å². The predicted molar refractivity (Wildman–Crippen MR) is 306 cm³/mol. The number of anilines is 3. The second-order valence-electron chi connectivity index (χ2n) is 20.4. The maximum atomic E-state index is 14.5. The van der Waals surface area contributed by atoms with Gasteiger partial charge in [0.15, 0.2) is 28.8 Å².